The van der Waals surface area contributed by atoms with Crippen LogP contribution < -0.4 is 20.5 Å². The van der Waals surface area contributed by atoms with Gasteiger partial charge in [0.05, 0.1) is 31.1 Å². The quantitative estimate of drug-likeness (QED) is 0.370. The summed E-state index contributed by atoms with van der Waals surface area (Å²) in [7, 11) is 0. The van der Waals surface area contributed by atoms with Gasteiger partial charge >= 0.3 is 18.0 Å². The molecule has 0 radical (unpaired) electrons. The Morgan fingerprint density at radius 2 is 1.71 bits per heavy atom. The van der Waals surface area contributed by atoms with Crippen LogP contribution in [0.15, 0.2) is 47.3 Å². The monoisotopic (exact) mass is 636 g/mol. The van der Waals surface area contributed by atoms with E-state index in [0.29, 0.717) is 19.0 Å². The van der Waals surface area contributed by atoms with E-state index in [9.17, 15) is 31.9 Å². The number of hydrogen-bond acceptors (Lipinski definition) is 7. The zero-order chi connectivity index (χ0) is 32.5. The van der Waals surface area contributed by atoms with Crippen molar-refractivity contribution in [3.63, 3.8) is 0 Å². The molecule has 5 rings (SSSR count). The van der Waals surface area contributed by atoms with Crippen LogP contribution in [0.1, 0.15) is 42.5 Å². The first-order valence-electron chi connectivity index (χ1n) is 14.1. The van der Waals surface area contributed by atoms with E-state index in [1.54, 1.807) is 26.8 Å². The number of alkyl halides is 3. The molecule has 2 aromatic carbocycles. The molecule has 242 valence electrons. The first kappa shape index (κ1) is 31.9. The van der Waals surface area contributed by atoms with Crippen molar-refractivity contribution in [2.75, 3.05) is 26.4 Å². The molecular weight excluding hydrogens is 604 g/mol. The van der Waals surface area contributed by atoms with Crippen LogP contribution in [-0.4, -0.2) is 70.3 Å². The van der Waals surface area contributed by atoms with Crippen LogP contribution in [0, 0.1) is 5.82 Å². The van der Waals surface area contributed by atoms with E-state index in [1.807, 2.05) is 0 Å². The Morgan fingerprint density at radius 1 is 1.02 bits per heavy atom. The van der Waals surface area contributed by atoms with Crippen molar-refractivity contribution >= 4 is 12.0 Å². The maximum atomic E-state index is 14.9. The number of imidazole rings is 1. The largest absolute Gasteiger partial charge is 0.485 e. The lowest BCUT2D eigenvalue weighted by Crippen LogP contribution is -2.43. The molecular formula is C30H32F4N4O7. The van der Waals surface area contributed by atoms with Crippen molar-refractivity contribution < 1.29 is 46.1 Å². The van der Waals surface area contributed by atoms with Gasteiger partial charge in [0.2, 0.25) is 0 Å². The second kappa shape index (κ2) is 12.5. The number of benzene rings is 2. The first-order chi connectivity index (χ1) is 21.2. The number of carbonyl (C=O) groups is 2. The average Bonchev–Trinajstić information content (AvgIpc) is 3.23. The van der Waals surface area contributed by atoms with Crippen molar-refractivity contribution in [2.45, 2.75) is 58.3 Å². The van der Waals surface area contributed by atoms with Gasteiger partial charge in [0.15, 0.2) is 6.61 Å². The Hall–Kier alpha value is -4.53. The molecule has 0 bridgehead atoms. The molecule has 15 heteroatoms. The fraction of sp³-hybridized carbons (Fsp3) is 0.433. The second-order valence-corrected chi connectivity index (χ2v) is 11.6. The van der Waals surface area contributed by atoms with Gasteiger partial charge in [-0.2, -0.15) is 13.2 Å². The highest BCUT2D eigenvalue weighted by molar-refractivity contribution is 5.94. The van der Waals surface area contributed by atoms with E-state index in [1.165, 1.54) is 45.9 Å². The van der Waals surface area contributed by atoms with E-state index in [4.69, 9.17) is 18.9 Å². The minimum atomic E-state index is -4.54. The minimum Gasteiger partial charge on any atom is -0.485 e. The number of amides is 2. The van der Waals surface area contributed by atoms with Crippen LogP contribution in [0.2, 0.25) is 0 Å². The minimum absolute atomic E-state index is 0.0512. The van der Waals surface area contributed by atoms with Gasteiger partial charge < -0.3 is 29.2 Å². The number of halogens is 4. The SMILES string of the molecule is CC(C)(C)OC(=O)N1CCn2c(c(C(=O)NCc3ccc(OC4COC4)cc3F)n(-c3ccc(OCC(F)(F)F)cc3)c2=O)C1. The van der Waals surface area contributed by atoms with Crippen LogP contribution in [0.3, 0.4) is 0 Å². The third kappa shape index (κ3) is 7.59. The third-order valence-electron chi connectivity index (χ3n) is 6.92. The van der Waals surface area contributed by atoms with Gasteiger partial charge in [0.1, 0.15) is 34.7 Å². The molecule has 1 saturated heterocycles. The zero-order valence-corrected chi connectivity index (χ0v) is 24.8. The second-order valence-electron chi connectivity index (χ2n) is 11.6. The lowest BCUT2D eigenvalue weighted by atomic mass is 10.1. The van der Waals surface area contributed by atoms with Crippen LogP contribution >= 0.6 is 0 Å². The molecule has 0 saturated carbocycles. The van der Waals surface area contributed by atoms with Crippen molar-refractivity contribution in [1.82, 2.24) is 19.4 Å². The van der Waals surface area contributed by atoms with Crippen molar-refractivity contribution in [3.8, 4) is 17.2 Å². The highest BCUT2D eigenvalue weighted by atomic mass is 19.4. The summed E-state index contributed by atoms with van der Waals surface area (Å²) in [6.07, 6.45) is -5.33. The van der Waals surface area contributed by atoms with E-state index in [0.717, 1.165) is 4.57 Å². The number of fused-ring (bicyclic) bond motifs is 1. The summed E-state index contributed by atoms with van der Waals surface area (Å²) in [5.74, 6) is -1.13. The van der Waals surface area contributed by atoms with Crippen molar-refractivity contribution in [1.29, 1.82) is 0 Å². The number of ether oxygens (including phenoxy) is 4. The molecule has 45 heavy (non-hydrogen) atoms. The molecule has 11 nitrogen and oxygen atoms in total. The molecule has 0 atom stereocenters. The summed E-state index contributed by atoms with van der Waals surface area (Å²) < 4.78 is 76.1. The lowest BCUT2D eigenvalue weighted by Gasteiger charge is -2.30. The fourth-order valence-corrected chi connectivity index (χ4v) is 4.75. The Bertz CT molecular complexity index is 1620. The number of aromatic nitrogens is 2. The number of nitrogens with zero attached hydrogens (tertiary/aromatic N) is 3. The van der Waals surface area contributed by atoms with Crippen LogP contribution in [0.4, 0.5) is 22.4 Å². The zero-order valence-electron chi connectivity index (χ0n) is 24.8. The highest BCUT2D eigenvalue weighted by Gasteiger charge is 2.34. The van der Waals surface area contributed by atoms with Gasteiger partial charge in [-0.25, -0.2) is 14.0 Å². The Kier molecular flexibility index (Phi) is 8.83. The summed E-state index contributed by atoms with van der Waals surface area (Å²) >= 11 is 0. The van der Waals surface area contributed by atoms with E-state index >= 15 is 0 Å². The third-order valence-corrected chi connectivity index (χ3v) is 6.92. The van der Waals surface area contributed by atoms with Crippen LogP contribution in [0.25, 0.3) is 5.69 Å². The van der Waals surface area contributed by atoms with E-state index in [2.05, 4.69) is 5.32 Å². The summed E-state index contributed by atoms with van der Waals surface area (Å²) in [5.41, 5.74) is -0.976. The smallest absolute Gasteiger partial charge is 0.422 e. The van der Waals surface area contributed by atoms with Crippen molar-refractivity contribution in [2.24, 2.45) is 0 Å². The fourth-order valence-electron chi connectivity index (χ4n) is 4.75. The summed E-state index contributed by atoms with van der Waals surface area (Å²) in [5, 5.41) is 2.65. The molecule has 2 aliphatic rings. The summed E-state index contributed by atoms with van der Waals surface area (Å²) in [4.78, 5) is 41.6. The number of rotatable bonds is 8. The van der Waals surface area contributed by atoms with Gasteiger partial charge in [0, 0.05) is 31.3 Å². The number of nitrogens with one attached hydrogen (secondary N) is 1. The van der Waals surface area contributed by atoms with E-state index in [-0.39, 0.29) is 60.7 Å². The van der Waals surface area contributed by atoms with Gasteiger partial charge in [-0.1, -0.05) is 6.07 Å². The molecule has 3 heterocycles. The first-order valence-corrected chi connectivity index (χ1v) is 14.1. The van der Waals surface area contributed by atoms with Gasteiger partial charge in [-0.3, -0.25) is 13.9 Å². The van der Waals surface area contributed by atoms with Gasteiger partial charge in [0.25, 0.3) is 5.91 Å². The summed E-state index contributed by atoms with van der Waals surface area (Å²) in [6.45, 7) is 4.26. The molecule has 0 aliphatic carbocycles. The van der Waals surface area contributed by atoms with Crippen molar-refractivity contribution in [3.05, 3.63) is 75.7 Å². The Labute approximate surface area is 255 Å². The Morgan fingerprint density at radius 3 is 2.31 bits per heavy atom. The number of hydrogen-bond donors (Lipinski definition) is 1. The summed E-state index contributed by atoms with van der Waals surface area (Å²) in [6, 6.07) is 9.41. The molecule has 1 aromatic heterocycles. The van der Waals surface area contributed by atoms with Crippen LogP contribution in [-0.2, 0) is 29.1 Å². The number of carbonyl (C=O) groups excluding carboxylic acids is 2. The van der Waals surface area contributed by atoms with E-state index < -0.39 is 41.9 Å². The average molecular weight is 637 g/mol. The molecule has 2 amide bonds. The molecule has 0 unspecified atom stereocenters. The molecule has 2 aliphatic heterocycles. The topological polar surface area (TPSA) is 113 Å². The molecule has 1 fully saturated rings. The molecule has 0 spiro atoms. The standard InChI is InChI=1S/C30H32F4N4O7/c1-29(2,3)45-28(41)36-10-11-37-24(14-36)25(38(27(37)40)19-5-8-20(9-6-19)43-17-30(32,33)34)26(39)35-13-18-4-7-21(12-23(18)31)44-22-15-42-16-22/h4-9,12,22H,10-11,13-17H2,1-3H3,(H,35,39). The molecule has 3 aromatic rings. The maximum absolute atomic E-state index is 14.9. The van der Waals surface area contributed by atoms with Gasteiger partial charge in [-0.15, -0.1) is 0 Å². The van der Waals surface area contributed by atoms with Crippen LogP contribution in [0.5, 0.6) is 11.5 Å². The lowest BCUT2D eigenvalue weighted by molar-refractivity contribution is -0.153. The maximum Gasteiger partial charge on any atom is 0.422 e. The highest BCUT2D eigenvalue weighted by Crippen LogP contribution is 2.25. The van der Waals surface area contributed by atoms with Gasteiger partial charge in [-0.05, 0) is 51.1 Å². The molecule has 1 N–H and O–H groups in total. The predicted molar refractivity (Wildman–Crippen MR) is 151 cm³/mol. The predicted octanol–water partition coefficient (Wildman–Crippen LogP) is 4.18. The Balaban J connectivity index is 1.43. The normalized spacial score (nSPS) is 15.2.